The number of likely N-dealkylation sites (N-methyl/N-ethyl adjacent to an activating group) is 1. The van der Waals surface area contributed by atoms with E-state index in [-0.39, 0.29) is 18.1 Å². The summed E-state index contributed by atoms with van der Waals surface area (Å²) >= 11 is 0. The predicted molar refractivity (Wildman–Crippen MR) is 103 cm³/mol. The molecule has 2 aliphatic heterocycles. The minimum atomic E-state index is -0.108. The summed E-state index contributed by atoms with van der Waals surface area (Å²) in [4.78, 5) is 19.0. The molecule has 140 valence electrons. The van der Waals surface area contributed by atoms with Crippen LogP contribution in [0.25, 0.3) is 0 Å². The number of hydrogen-bond donors (Lipinski definition) is 1. The van der Waals surface area contributed by atoms with Gasteiger partial charge < -0.3 is 10.0 Å². The Labute approximate surface area is 156 Å². The van der Waals surface area contributed by atoms with Crippen LogP contribution in [0.4, 0.5) is 0 Å². The number of carbonyl (C=O) groups is 1. The van der Waals surface area contributed by atoms with Gasteiger partial charge in [0.25, 0.3) is 0 Å². The topological polar surface area (TPSA) is 47.0 Å². The van der Waals surface area contributed by atoms with Gasteiger partial charge in [-0.2, -0.15) is 0 Å². The third kappa shape index (κ3) is 4.27. The van der Waals surface area contributed by atoms with Crippen LogP contribution in [0.5, 0.6) is 0 Å². The van der Waals surface area contributed by atoms with Crippen LogP contribution in [-0.4, -0.2) is 78.1 Å². The Balaban J connectivity index is 1.67. The largest absolute Gasteiger partial charge is 0.384 e. The average molecular weight is 355 g/mol. The normalized spacial score (nSPS) is 25.0. The molecule has 5 heteroatoms. The van der Waals surface area contributed by atoms with E-state index in [9.17, 15) is 4.79 Å². The van der Waals surface area contributed by atoms with Gasteiger partial charge in [0.15, 0.2) is 0 Å². The number of amides is 1. The highest BCUT2D eigenvalue weighted by Gasteiger charge is 2.41. The van der Waals surface area contributed by atoms with Crippen molar-refractivity contribution in [1.29, 1.82) is 0 Å². The molecule has 2 saturated heterocycles. The Morgan fingerprint density at radius 2 is 1.88 bits per heavy atom. The fourth-order valence-corrected chi connectivity index (χ4v) is 4.07. The molecule has 1 spiro atoms. The number of aliphatic hydroxyl groups is 1. The Kier molecular flexibility index (Phi) is 5.98. The lowest BCUT2D eigenvalue weighted by atomic mass is 9.86. The van der Waals surface area contributed by atoms with Crippen LogP contribution in [0.1, 0.15) is 30.4 Å². The van der Waals surface area contributed by atoms with E-state index < -0.39 is 0 Å². The maximum Gasteiger partial charge on any atom is 0.222 e. The maximum atomic E-state index is 12.1. The molecule has 0 bridgehead atoms. The molecule has 0 unspecified atom stereocenters. The van der Waals surface area contributed by atoms with E-state index in [4.69, 9.17) is 5.11 Å². The Hall–Kier alpha value is -1.87. The zero-order valence-electron chi connectivity index (χ0n) is 15.9. The fraction of sp³-hybridized carbons (Fsp3) is 0.571. The molecule has 1 amide bonds. The monoisotopic (exact) mass is 355 g/mol. The molecule has 3 rings (SSSR count). The molecule has 0 aliphatic carbocycles. The molecule has 5 nitrogen and oxygen atoms in total. The third-order valence-electron chi connectivity index (χ3n) is 5.89. The fourth-order valence-electron chi connectivity index (χ4n) is 4.07. The van der Waals surface area contributed by atoms with Crippen LogP contribution in [-0.2, 0) is 11.3 Å². The zero-order chi connectivity index (χ0) is 18.6. The van der Waals surface area contributed by atoms with Crippen molar-refractivity contribution in [3.8, 4) is 11.8 Å². The number of likely N-dealkylation sites (tertiary alicyclic amines) is 1. The van der Waals surface area contributed by atoms with Crippen molar-refractivity contribution in [2.75, 3.05) is 46.9 Å². The van der Waals surface area contributed by atoms with Crippen LogP contribution in [0.2, 0.25) is 0 Å². The number of carbonyl (C=O) groups excluding carboxylic acids is 1. The number of nitrogens with zero attached hydrogens (tertiary/aromatic N) is 3. The van der Waals surface area contributed by atoms with Gasteiger partial charge in [0.05, 0.1) is 0 Å². The summed E-state index contributed by atoms with van der Waals surface area (Å²) in [5.74, 6) is 5.89. The second-order valence-electron chi connectivity index (χ2n) is 7.58. The molecule has 1 aromatic carbocycles. The molecule has 0 aromatic heterocycles. The summed E-state index contributed by atoms with van der Waals surface area (Å²) in [6.45, 7) is 4.76. The van der Waals surface area contributed by atoms with E-state index in [1.165, 1.54) is 5.56 Å². The molecule has 1 N–H and O–H groups in total. The van der Waals surface area contributed by atoms with Crippen molar-refractivity contribution < 1.29 is 9.90 Å². The Bertz CT molecular complexity index is 691. The number of piperazine rings is 1. The van der Waals surface area contributed by atoms with Gasteiger partial charge in [0, 0.05) is 57.3 Å². The molecule has 1 aromatic rings. The Morgan fingerprint density at radius 3 is 2.62 bits per heavy atom. The molecular weight excluding hydrogens is 326 g/mol. The third-order valence-corrected chi connectivity index (χ3v) is 5.89. The molecule has 26 heavy (non-hydrogen) atoms. The van der Waals surface area contributed by atoms with Gasteiger partial charge in [-0.05, 0) is 37.6 Å². The van der Waals surface area contributed by atoms with E-state index in [2.05, 4.69) is 40.8 Å². The SMILES string of the molecule is CN1CC[C@@]2(CCC1=O)CN(Cc1ccc(C#CCO)cc1)CCN2C. The van der Waals surface area contributed by atoms with Crippen molar-refractivity contribution >= 4 is 5.91 Å². The number of aliphatic hydroxyl groups excluding tert-OH is 1. The van der Waals surface area contributed by atoms with Gasteiger partial charge in [0.2, 0.25) is 5.91 Å². The van der Waals surface area contributed by atoms with Crippen LogP contribution in [0.15, 0.2) is 24.3 Å². The molecule has 2 aliphatic rings. The minimum Gasteiger partial charge on any atom is -0.384 e. The summed E-state index contributed by atoms with van der Waals surface area (Å²) < 4.78 is 0. The van der Waals surface area contributed by atoms with Crippen molar-refractivity contribution in [2.24, 2.45) is 0 Å². The summed E-state index contributed by atoms with van der Waals surface area (Å²) in [6.07, 6.45) is 2.63. The molecule has 0 radical (unpaired) electrons. The number of benzene rings is 1. The van der Waals surface area contributed by atoms with Gasteiger partial charge in [0.1, 0.15) is 6.61 Å². The van der Waals surface area contributed by atoms with E-state index in [1.807, 2.05) is 24.1 Å². The lowest BCUT2D eigenvalue weighted by molar-refractivity contribution is -0.129. The number of rotatable bonds is 2. The Morgan fingerprint density at radius 1 is 1.12 bits per heavy atom. The molecular formula is C21H29N3O2. The molecule has 2 heterocycles. The minimum absolute atomic E-state index is 0.102. The van der Waals surface area contributed by atoms with Gasteiger partial charge in [-0.1, -0.05) is 24.0 Å². The first-order chi connectivity index (χ1) is 12.5. The highest BCUT2D eigenvalue weighted by atomic mass is 16.2. The van der Waals surface area contributed by atoms with Crippen LogP contribution < -0.4 is 0 Å². The van der Waals surface area contributed by atoms with Gasteiger partial charge in [-0.25, -0.2) is 0 Å². The lowest BCUT2D eigenvalue weighted by Crippen LogP contribution is -2.60. The predicted octanol–water partition coefficient (Wildman–Crippen LogP) is 1.16. The maximum absolute atomic E-state index is 12.1. The quantitative estimate of drug-likeness (QED) is 0.809. The van der Waals surface area contributed by atoms with Gasteiger partial charge >= 0.3 is 0 Å². The van der Waals surface area contributed by atoms with Crippen LogP contribution in [0, 0.1) is 11.8 Å². The first-order valence-electron chi connectivity index (χ1n) is 9.39. The summed E-state index contributed by atoms with van der Waals surface area (Å²) in [7, 11) is 4.13. The van der Waals surface area contributed by atoms with Gasteiger partial charge in [-0.15, -0.1) is 0 Å². The zero-order valence-corrected chi connectivity index (χ0v) is 15.9. The van der Waals surface area contributed by atoms with Crippen molar-refractivity contribution in [2.45, 2.75) is 31.3 Å². The molecule has 2 fully saturated rings. The van der Waals surface area contributed by atoms with Crippen molar-refractivity contribution in [3.05, 3.63) is 35.4 Å². The summed E-state index contributed by atoms with van der Waals surface area (Å²) in [6, 6.07) is 8.28. The van der Waals surface area contributed by atoms with E-state index >= 15 is 0 Å². The first-order valence-corrected chi connectivity index (χ1v) is 9.39. The molecule has 0 saturated carbocycles. The van der Waals surface area contributed by atoms with Crippen molar-refractivity contribution in [3.63, 3.8) is 0 Å². The number of hydrogen-bond acceptors (Lipinski definition) is 4. The molecule has 1 atom stereocenters. The summed E-state index contributed by atoms with van der Waals surface area (Å²) in [5, 5.41) is 8.79. The second kappa shape index (κ2) is 8.22. The first kappa shape index (κ1) is 18.9. The van der Waals surface area contributed by atoms with Gasteiger partial charge in [-0.3, -0.25) is 14.6 Å². The van der Waals surface area contributed by atoms with E-state index in [0.717, 1.165) is 51.1 Å². The highest BCUT2D eigenvalue weighted by molar-refractivity contribution is 5.76. The van der Waals surface area contributed by atoms with Crippen molar-refractivity contribution in [1.82, 2.24) is 14.7 Å². The average Bonchev–Trinajstić information content (AvgIpc) is 2.79. The summed E-state index contributed by atoms with van der Waals surface area (Å²) in [5.41, 5.74) is 2.31. The smallest absolute Gasteiger partial charge is 0.222 e. The van der Waals surface area contributed by atoms with E-state index in [1.54, 1.807) is 0 Å². The second-order valence-corrected chi connectivity index (χ2v) is 7.58. The van der Waals surface area contributed by atoms with Crippen LogP contribution >= 0.6 is 0 Å². The highest BCUT2D eigenvalue weighted by Crippen LogP contribution is 2.32. The van der Waals surface area contributed by atoms with E-state index in [0.29, 0.717) is 6.42 Å². The standard InChI is InChI=1S/C21H29N3O2/c1-22-12-11-21(10-9-20(22)26)17-24(14-13-23(21)2)16-19-7-5-18(6-8-19)4-3-15-25/h5-8,25H,9-17H2,1-2H3/t21-/m0/s1. The van der Waals surface area contributed by atoms with Crippen LogP contribution in [0.3, 0.4) is 0 Å². The lowest BCUT2D eigenvalue weighted by Gasteiger charge is -2.49.